The van der Waals surface area contributed by atoms with Crippen molar-refractivity contribution in [3.63, 3.8) is 0 Å². The first-order valence-electron chi connectivity index (χ1n) is 7.29. The van der Waals surface area contributed by atoms with Gasteiger partial charge in [0.1, 0.15) is 12.9 Å². The molecule has 0 fully saturated rings. The molecule has 0 saturated heterocycles. The van der Waals surface area contributed by atoms with E-state index in [4.69, 9.17) is 27.9 Å². The second-order valence-electron chi connectivity index (χ2n) is 4.73. The van der Waals surface area contributed by atoms with E-state index in [1.165, 1.54) is 5.56 Å². The van der Waals surface area contributed by atoms with Gasteiger partial charge in [0.2, 0.25) is 0 Å². The number of aryl methyl sites for hydroxylation is 1. The van der Waals surface area contributed by atoms with Crippen LogP contribution < -0.4 is 4.90 Å². The monoisotopic (exact) mass is 331 g/mol. The fourth-order valence-electron chi connectivity index (χ4n) is 2.11. The molecule has 0 saturated carbocycles. The molecule has 0 atom stereocenters. The highest BCUT2D eigenvalue weighted by molar-refractivity contribution is 6.18. The van der Waals surface area contributed by atoms with Gasteiger partial charge in [-0.15, -0.1) is 23.2 Å². The standard InChI is InChI=1S/C16H23Cl2NO2/c17-8-10-19(11-9-18)16-6-4-15(5-7-16)3-1-2-13-21-14-12-20/h4-7,12H,1-3,8-11,13-14H2. The predicted octanol–water partition coefficient (Wildman–Crippen LogP) is 3.51. The molecule has 1 aromatic carbocycles. The maximum Gasteiger partial charge on any atom is 0.145 e. The Morgan fingerprint density at radius 1 is 1.05 bits per heavy atom. The van der Waals surface area contributed by atoms with Gasteiger partial charge in [-0.1, -0.05) is 12.1 Å². The number of alkyl halides is 2. The molecule has 0 aliphatic heterocycles. The van der Waals surface area contributed by atoms with Crippen LogP contribution in [-0.2, 0) is 16.0 Å². The van der Waals surface area contributed by atoms with Crippen molar-refractivity contribution in [1.82, 2.24) is 0 Å². The van der Waals surface area contributed by atoms with Crippen LogP contribution in [0.4, 0.5) is 5.69 Å². The fraction of sp³-hybridized carbons (Fsp3) is 0.562. The Morgan fingerprint density at radius 2 is 1.71 bits per heavy atom. The topological polar surface area (TPSA) is 29.5 Å². The minimum Gasteiger partial charge on any atom is -0.374 e. The average molecular weight is 332 g/mol. The van der Waals surface area contributed by atoms with Crippen molar-refractivity contribution in [1.29, 1.82) is 0 Å². The highest BCUT2D eigenvalue weighted by Crippen LogP contribution is 2.16. The zero-order valence-corrected chi connectivity index (χ0v) is 13.8. The number of hydrogen-bond acceptors (Lipinski definition) is 3. The lowest BCUT2D eigenvalue weighted by Gasteiger charge is -2.23. The number of rotatable bonds is 12. The second kappa shape index (κ2) is 11.8. The Balaban J connectivity index is 2.36. The number of aldehydes is 1. The number of nitrogens with zero attached hydrogens (tertiary/aromatic N) is 1. The molecule has 118 valence electrons. The molecule has 0 unspecified atom stereocenters. The SMILES string of the molecule is O=CCOCCCCc1ccc(N(CCCl)CCCl)cc1. The largest absolute Gasteiger partial charge is 0.374 e. The smallest absolute Gasteiger partial charge is 0.145 e. The van der Waals surface area contributed by atoms with Gasteiger partial charge < -0.3 is 14.4 Å². The van der Waals surface area contributed by atoms with Gasteiger partial charge in [-0.2, -0.15) is 0 Å². The van der Waals surface area contributed by atoms with Gasteiger partial charge in [-0.25, -0.2) is 0 Å². The number of ether oxygens (including phenoxy) is 1. The Bertz CT molecular complexity index is 378. The van der Waals surface area contributed by atoms with Crippen molar-refractivity contribution in [2.45, 2.75) is 19.3 Å². The Morgan fingerprint density at radius 3 is 2.29 bits per heavy atom. The van der Waals surface area contributed by atoms with E-state index in [0.717, 1.165) is 44.3 Å². The molecule has 21 heavy (non-hydrogen) atoms. The molecule has 0 aromatic heterocycles. The van der Waals surface area contributed by atoms with Gasteiger partial charge in [-0.3, -0.25) is 0 Å². The molecule has 0 heterocycles. The first kappa shape index (κ1) is 18.3. The first-order valence-corrected chi connectivity index (χ1v) is 8.36. The molecule has 0 spiro atoms. The maximum atomic E-state index is 10.1. The number of benzene rings is 1. The second-order valence-corrected chi connectivity index (χ2v) is 5.49. The van der Waals surface area contributed by atoms with Crippen molar-refractivity contribution in [3.8, 4) is 0 Å². The van der Waals surface area contributed by atoms with E-state index in [1.807, 2.05) is 0 Å². The van der Waals surface area contributed by atoms with Gasteiger partial charge in [0.05, 0.1) is 0 Å². The molecule has 1 aromatic rings. The summed E-state index contributed by atoms with van der Waals surface area (Å²) in [6.45, 7) is 2.46. The van der Waals surface area contributed by atoms with Crippen LogP contribution in [0.15, 0.2) is 24.3 Å². The highest BCUT2D eigenvalue weighted by atomic mass is 35.5. The van der Waals surface area contributed by atoms with Gasteiger partial charge in [0.15, 0.2) is 0 Å². The molecule has 0 N–H and O–H groups in total. The normalized spacial score (nSPS) is 10.6. The highest BCUT2D eigenvalue weighted by Gasteiger charge is 2.05. The van der Waals surface area contributed by atoms with Crippen molar-refractivity contribution in [2.75, 3.05) is 43.0 Å². The summed E-state index contributed by atoms with van der Waals surface area (Å²) in [4.78, 5) is 12.3. The molecule has 3 nitrogen and oxygen atoms in total. The number of halogens is 2. The molecule has 0 aliphatic carbocycles. The summed E-state index contributed by atoms with van der Waals surface area (Å²) in [5, 5.41) is 0. The van der Waals surface area contributed by atoms with Crippen LogP contribution in [0.1, 0.15) is 18.4 Å². The van der Waals surface area contributed by atoms with E-state index >= 15 is 0 Å². The first-order chi connectivity index (χ1) is 10.3. The fourth-order valence-corrected chi connectivity index (χ4v) is 2.52. The van der Waals surface area contributed by atoms with Gasteiger partial charge in [0.25, 0.3) is 0 Å². The molecule has 0 amide bonds. The number of carbonyl (C=O) groups excluding carboxylic acids is 1. The Kier molecular flexibility index (Phi) is 10.3. The molecular formula is C16H23Cl2NO2. The molecular weight excluding hydrogens is 309 g/mol. The molecule has 0 bridgehead atoms. The van der Waals surface area contributed by atoms with E-state index in [2.05, 4.69) is 29.2 Å². The van der Waals surface area contributed by atoms with E-state index in [1.54, 1.807) is 0 Å². The number of unbranched alkanes of at least 4 members (excludes halogenated alkanes) is 1. The molecule has 1 rings (SSSR count). The van der Waals surface area contributed by atoms with Crippen LogP contribution in [0.2, 0.25) is 0 Å². The molecule has 0 radical (unpaired) electrons. The summed E-state index contributed by atoms with van der Waals surface area (Å²) >= 11 is 11.6. The van der Waals surface area contributed by atoms with Crippen molar-refractivity contribution >= 4 is 35.2 Å². The van der Waals surface area contributed by atoms with Crippen LogP contribution >= 0.6 is 23.2 Å². The minimum absolute atomic E-state index is 0.200. The van der Waals surface area contributed by atoms with Gasteiger partial charge in [0, 0.05) is 37.1 Å². The lowest BCUT2D eigenvalue weighted by atomic mass is 10.1. The lowest BCUT2D eigenvalue weighted by molar-refractivity contribution is -0.111. The zero-order chi connectivity index (χ0) is 15.3. The number of carbonyl (C=O) groups is 1. The van der Waals surface area contributed by atoms with E-state index in [-0.39, 0.29) is 6.61 Å². The van der Waals surface area contributed by atoms with Crippen LogP contribution in [-0.4, -0.2) is 44.3 Å². The number of hydrogen-bond donors (Lipinski definition) is 0. The third-order valence-corrected chi connectivity index (χ3v) is 3.54. The van der Waals surface area contributed by atoms with Crippen LogP contribution in [0.3, 0.4) is 0 Å². The zero-order valence-electron chi connectivity index (χ0n) is 12.3. The quantitative estimate of drug-likeness (QED) is 0.333. The van der Waals surface area contributed by atoms with E-state index in [0.29, 0.717) is 18.4 Å². The van der Waals surface area contributed by atoms with Gasteiger partial charge >= 0.3 is 0 Å². The number of anilines is 1. The van der Waals surface area contributed by atoms with E-state index in [9.17, 15) is 4.79 Å². The summed E-state index contributed by atoms with van der Waals surface area (Å²) in [5.41, 5.74) is 2.47. The predicted molar refractivity (Wildman–Crippen MR) is 89.9 cm³/mol. The Labute approximate surface area is 137 Å². The average Bonchev–Trinajstić information content (AvgIpc) is 2.51. The Hall–Kier alpha value is -0.770. The van der Waals surface area contributed by atoms with Crippen molar-refractivity contribution in [3.05, 3.63) is 29.8 Å². The summed E-state index contributed by atoms with van der Waals surface area (Å²) in [6.07, 6.45) is 3.84. The van der Waals surface area contributed by atoms with Crippen molar-refractivity contribution in [2.24, 2.45) is 0 Å². The minimum atomic E-state index is 0.200. The van der Waals surface area contributed by atoms with E-state index < -0.39 is 0 Å². The van der Waals surface area contributed by atoms with Crippen LogP contribution in [0.25, 0.3) is 0 Å². The van der Waals surface area contributed by atoms with Crippen LogP contribution in [0.5, 0.6) is 0 Å². The summed E-state index contributed by atoms with van der Waals surface area (Å²) < 4.78 is 5.13. The third-order valence-electron chi connectivity index (χ3n) is 3.20. The maximum absolute atomic E-state index is 10.1. The lowest BCUT2D eigenvalue weighted by Crippen LogP contribution is -2.27. The third kappa shape index (κ3) is 7.70. The summed E-state index contributed by atoms with van der Waals surface area (Å²) in [6, 6.07) is 8.54. The molecule has 5 heteroatoms. The molecule has 0 aliphatic rings. The van der Waals surface area contributed by atoms with Gasteiger partial charge in [-0.05, 0) is 37.0 Å². The summed E-state index contributed by atoms with van der Waals surface area (Å²) in [7, 11) is 0. The van der Waals surface area contributed by atoms with Crippen LogP contribution in [0, 0.1) is 0 Å². The summed E-state index contributed by atoms with van der Waals surface area (Å²) in [5.74, 6) is 1.19. The van der Waals surface area contributed by atoms with Crippen molar-refractivity contribution < 1.29 is 9.53 Å².